The monoisotopic (exact) mass is 454 g/mol. The van der Waals surface area contributed by atoms with Crippen molar-refractivity contribution in [3.05, 3.63) is 59.7 Å². The summed E-state index contributed by atoms with van der Waals surface area (Å²) in [6, 6.07) is 13.3. The molecule has 0 bridgehead atoms. The van der Waals surface area contributed by atoms with Crippen LogP contribution in [0.3, 0.4) is 0 Å². The van der Waals surface area contributed by atoms with E-state index in [9.17, 15) is 14.4 Å². The van der Waals surface area contributed by atoms with Gasteiger partial charge in [-0.05, 0) is 42.2 Å². The lowest BCUT2D eigenvalue weighted by Gasteiger charge is -2.19. The molecule has 1 unspecified atom stereocenters. The third-order valence-electron chi connectivity index (χ3n) is 4.60. The molecule has 0 radical (unpaired) electrons. The Morgan fingerprint density at radius 3 is 2.44 bits per heavy atom. The minimum absolute atomic E-state index is 0.151. The zero-order valence-electron chi connectivity index (χ0n) is 17.8. The second-order valence-electron chi connectivity index (χ2n) is 7.68. The summed E-state index contributed by atoms with van der Waals surface area (Å²) in [6.45, 7) is 3.82. The highest BCUT2D eigenvalue weighted by molar-refractivity contribution is 7.98. The van der Waals surface area contributed by atoms with Crippen molar-refractivity contribution in [3.8, 4) is 0 Å². The lowest BCUT2D eigenvalue weighted by molar-refractivity contribution is -0.124. The highest BCUT2D eigenvalue weighted by Gasteiger charge is 2.21. The van der Waals surface area contributed by atoms with Crippen LogP contribution in [0.5, 0.6) is 0 Å². The number of urea groups is 1. The number of H-pyrrole nitrogens is 1. The molecule has 168 valence electrons. The zero-order valence-corrected chi connectivity index (χ0v) is 18.7. The second kappa shape index (κ2) is 10.7. The molecule has 9 nitrogen and oxygen atoms in total. The fourth-order valence-electron chi connectivity index (χ4n) is 3.05. The number of hydrogen-bond acceptors (Lipinski definition) is 5. The molecule has 0 aliphatic rings. The zero-order chi connectivity index (χ0) is 23.1. The SMILES string of the molecule is CC(C)CC(NC(N)=O)C(=O)NNC(=O)c1ccc(CSc2nc3ccccc3[nH]2)cc1. The van der Waals surface area contributed by atoms with Crippen molar-refractivity contribution < 1.29 is 14.4 Å². The minimum atomic E-state index is -0.828. The summed E-state index contributed by atoms with van der Waals surface area (Å²) in [4.78, 5) is 43.5. The molecular formula is C22H26N6O3S. The Bertz CT molecular complexity index is 1060. The average Bonchev–Trinajstić information content (AvgIpc) is 3.18. The first-order valence-corrected chi connectivity index (χ1v) is 11.1. The fraction of sp³-hybridized carbons (Fsp3) is 0.273. The van der Waals surface area contributed by atoms with E-state index in [1.54, 1.807) is 23.9 Å². The number of aromatic amines is 1. The van der Waals surface area contributed by atoms with E-state index in [2.05, 4.69) is 26.1 Å². The molecule has 3 aromatic rings. The number of amides is 4. The van der Waals surface area contributed by atoms with Gasteiger partial charge in [0.1, 0.15) is 6.04 Å². The lowest BCUT2D eigenvalue weighted by atomic mass is 10.0. The fourth-order valence-corrected chi connectivity index (χ4v) is 3.89. The van der Waals surface area contributed by atoms with Crippen molar-refractivity contribution in [1.29, 1.82) is 0 Å². The number of para-hydroxylation sites is 2. The smallest absolute Gasteiger partial charge is 0.312 e. The summed E-state index contributed by atoms with van der Waals surface area (Å²) in [6.07, 6.45) is 0.391. The standard InChI is InChI=1S/C22H26N6O3S/c1-13(2)11-18(24-21(23)31)20(30)28-27-19(29)15-9-7-14(8-10-15)12-32-22-25-16-5-3-4-6-17(16)26-22/h3-10,13,18H,11-12H2,1-2H3,(H,25,26)(H,27,29)(H,28,30)(H3,23,24,31). The molecule has 6 N–H and O–H groups in total. The molecule has 1 atom stereocenters. The molecule has 0 aliphatic heterocycles. The van der Waals surface area contributed by atoms with Crippen molar-refractivity contribution in [3.63, 3.8) is 0 Å². The van der Waals surface area contributed by atoms with Crippen molar-refractivity contribution >= 4 is 40.6 Å². The van der Waals surface area contributed by atoms with Crippen LogP contribution in [0.15, 0.2) is 53.7 Å². The third-order valence-corrected chi connectivity index (χ3v) is 5.54. The van der Waals surface area contributed by atoms with E-state index in [4.69, 9.17) is 5.73 Å². The molecule has 1 heterocycles. The Morgan fingerprint density at radius 1 is 1.06 bits per heavy atom. The van der Waals surface area contributed by atoms with Gasteiger partial charge in [-0.2, -0.15) is 0 Å². The average molecular weight is 455 g/mol. The molecule has 1 aromatic heterocycles. The van der Waals surface area contributed by atoms with Gasteiger partial charge in [0.25, 0.3) is 11.8 Å². The van der Waals surface area contributed by atoms with Crippen LogP contribution in [0.25, 0.3) is 11.0 Å². The number of hydrazine groups is 1. The van der Waals surface area contributed by atoms with Crippen molar-refractivity contribution in [2.45, 2.75) is 37.2 Å². The molecule has 32 heavy (non-hydrogen) atoms. The number of nitrogens with one attached hydrogen (secondary N) is 4. The van der Waals surface area contributed by atoms with Gasteiger partial charge in [0.2, 0.25) is 0 Å². The first-order valence-electron chi connectivity index (χ1n) is 10.1. The lowest BCUT2D eigenvalue weighted by Crippen LogP contribution is -2.53. The third kappa shape index (κ3) is 6.48. The topological polar surface area (TPSA) is 142 Å². The molecule has 10 heteroatoms. The number of primary amides is 1. The first-order chi connectivity index (χ1) is 15.3. The number of thioether (sulfide) groups is 1. The summed E-state index contributed by atoms with van der Waals surface area (Å²) in [5.41, 5.74) is 13.2. The number of carbonyl (C=O) groups is 3. The number of rotatable bonds is 8. The van der Waals surface area contributed by atoms with Crippen LogP contribution >= 0.6 is 11.8 Å². The molecule has 0 fully saturated rings. The van der Waals surface area contributed by atoms with Gasteiger partial charge in [-0.1, -0.05) is 49.9 Å². The molecule has 4 amide bonds. The Kier molecular flexibility index (Phi) is 7.72. The van der Waals surface area contributed by atoms with Crippen LogP contribution in [-0.2, 0) is 10.5 Å². The minimum Gasteiger partial charge on any atom is -0.352 e. The predicted molar refractivity (Wildman–Crippen MR) is 124 cm³/mol. The number of carbonyl (C=O) groups excluding carboxylic acids is 3. The Labute approximate surface area is 189 Å². The number of imidazole rings is 1. The molecule has 0 aliphatic carbocycles. The number of benzene rings is 2. The second-order valence-corrected chi connectivity index (χ2v) is 8.64. The number of nitrogens with two attached hydrogens (primary N) is 1. The van der Waals surface area contributed by atoms with Gasteiger partial charge in [0.05, 0.1) is 11.0 Å². The van der Waals surface area contributed by atoms with Gasteiger partial charge < -0.3 is 16.0 Å². The highest BCUT2D eigenvalue weighted by Crippen LogP contribution is 2.23. The Morgan fingerprint density at radius 2 is 1.78 bits per heavy atom. The van der Waals surface area contributed by atoms with E-state index in [1.165, 1.54) is 0 Å². The van der Waals surface area contributed by atoms with E-state index >= 15 is 0 Å². The van der Waals surface area contributed by atoms with E-state index in [0.29, 0.717) is 17.7 Å². The van der Waals surface area contributed by atoms with E-state index in [1.807, 2.05) is 50.2 Å². The highest BCUT2D eigenvalue weighted by atomic mass is 32.2. The largest absolute Gasteiger partial charge is 0.352 e. The molecule has 0 saturated carbocycles. The summed E-state index contributed by atoms with van der Waals surface area (Å²) in [5, 5.41) is 3.21. The summed E-state index contributed by atoms with van der Waals surface area (Å²) >= 11 is 1.57. The van der Waals surface area contributed by atoms with Gasteiger partial charge >= 0.3 is 6.03 Å². The van der Waals surface area contributed by atoms with Crippen molar-refractivity contribution in [1.82, 2.24) is 26.1 Å². The quantitative estimate of drug-likeness (QED) is 0.263. The van der Waals surface area contributed by atoms with Crippen LogP contribution in [0.4, 0.5) is 4.79 Å². The maximum absolute atomic E-state index is 12.3. The summed E-state index contributed by atoms with van der Waals surface area (Å²) < 4.78 is 0. The number of nitrogens with zero attached hydrogens (tertiary/aromatic N) is 1. The Balaban J connectivity index is 1.51. The first kappa shape index (κ1) is 23.1. The molecule has 0 spiro atoms. The van der Waals surface area contributed by atoms with Gasteiger partial charge in [0, 0.05) is 11.3 Å². The molecule has 2 aromatic carbocycles. The maximum Gasteiger partial charge on any atom is 0.312 e. The molecule has 3 rings (SSSR count). The molecule has 0 saturated heterocycles. The van der Waals surface area contributed by atoms with E-state index in [-0.39, 0.29) is 5.92 Å². The van der Waals surface area contributed by atoms with Gasteiger partial charge in [-0.25, -0.2) is 9.78 Å². The van der Waals surface area contributed by atoms with Crippen LogP contribution in [0.1, 0.15) is 36.2 Å². The number of hydrogen-bond donors (Lipinski definition) is 5. The maximum atomic E-state index is 12.3. The number of aromatic nitrogens is 2. The normalized spacial score (nSPS) is 11.8. The van der Waals surface area contributed by atoms with Gasteiger partial charge in [-0.15, -0.1) is 0 Å². The van der Waals surface area contributed by atoms with Crippen molar-refractivity contribution in [2.24, 2.45) is 11.7 Å². The summed E-state index contributed by atoms with van der Waals surface area (Å²) in [7, 11) is 0. The predicted octanol–water partition coefficient (Wildman–Crippen LogP) is 2.70. The van der Waals surface area contributed by atoms with Crippen molar-refractivity contribution in [2.75, 3.05) is 0 Å². The Hall–Kier alpha value is -3.53. The van der Waals surface area contributed by atoms with E-state index in [0.717, 1.165) is 21.8 Å². The van der Waals surface area contributed by atoms with Gasteiger partial charge in [-0.3, -0.25) is 20.4 Å². The van der Waals surface area contributed by atoms with E-state index < -0.39 is 23.9 Å². The summed E-state index contributed by atoms with van der Waals surface area (Å²) in [5.74, 6) is -0.158. The molecular weight excluding hydrogens is 428 g/mol. The van der Waals surface area contributed by atoms with Crippen LogP contribution in [0.2, 0.25) is 0 Å². The van der Waals surface area contributed by atoms with Gasteiger partial charge in [0.15, 0.2) is 5.16 Å². The van der Waals surface area contributed by atoms with Crippen LogP contribution in [0, 0.1) is 5.92 Å². The van der Waals surface area contributed by atoms with Crippen LogP contribution < -0.4 is 21.9 Å². The van der Waals surface area contributed by atoms with Crippen LogP contribution in [-0.4, -0.2) is 33.9 Å². The number of fused-ring (bicyclic) bond motifs is 1.